The second-order valence-corrected chi connectivity index (χ2v) is 8.84. The molecule has 1 N–H and O–H groups in total. The van der Waals surface area contributed by atoms with E-state index >= 15 is 0 Å². The molecule has 24 heavy (non-hydrogen) atoms. The van der Waals surface area contributed by atoms with Gasteiger partial charge in [0.05, 0.1) is 22.8 Å². The average molecular weight is 367 g/mol. The maximum atomic E-state index is 12.5. The van der Waals surface area contributed by atoms with Gasteiger partial charge in [0.1, 0.15) is 10.8 Å². The minimum atomic E-state index is -3.03. The van der Waals surface area contributed by atoms with Gasteiger partial charge in [0, 0.05) is 24.1 Å². The smallest absolute Gasteiger partial charge is 0.254 e. The molecule has 3 rings (SSSR count). The third kappa shape index (κ3) is 4.15. The highest BCUT2D eigenvalue weighted by molar-refractivity contribution is 7.98. The number of aromatic nitrogens is 2. The van der Waals surface area contributed by atoms with Crippen LogP contribution in [0.25, 0.3) is 0 Å². The molecule has 2 aromatic heterocycles. The van der Waals surface area contributed by atoms with Crippen molar-refractivity contribution < 1.29 is 17.7 Å². The van der Waals surface area contributed by atoms with E-state index in [9.17, 15) is 13.2 Å². The number of amides is 1. The summed E-state index contributed by atoms with van der Waals surface area (Å²) in [5.74, 6) is 1.08. The van der Waals surface area contributed by atoms with Gasteiger partial charge in [-0.2, -0.15) is 0 Å². The predicted octanol–water partition coefficient (Wildman–Crippen LogP) is 1.59. The number of thioether (sulfide) groups is 1. The molecule has 9 heteroatoms. The van der Waals surface area contributed by atoms with Crippen LogP contribution in [0.2, 0.25) is 0 Å². The fourth-order valence-electron chi connectivity index (χ4n) is 2.48. The van der Waals surface area contributed by atoms with Crippen LogP contribution < -0.4 is 5.32 Å². The fraction of sp³-hybridized carbons (Fsp3) is 0.400. The lowest BCUT2D eigenvalue weighted by atomic mass is 10.2. The van der Waals surface area contributed by atoms with Gasteiger partial charge in [-0.25, -0.2) is 13.4 Å². The molecule has 0 unspecified atom stereocenters. The maximum Gasteiger partial charge on any atom is 0.254 e. The second-order valence-electron chi connectivity index (χ2n) is 5.65. The molecule has 0 saturated carbocycles. The molecule has 128 valence electrons. The standard InChI is InChI=1S/C15H17N3O4S2/c1-10-7-12(18-22-10)8-23-15-13(3-2-5-16-15)14(19)17-11-4-6-24(20,21)9-11/h2-3,5,7,11H,4,6,8-9H2,1H3,(H,17,19)/t11-/m0/s1. The molecule has 1 fully saturated rings. The molecule has 0 radical (unpaired) electrons. The molecule has 7 nitrogen and oxygen atoms in total. The summed E-state index contributed by atoms with van der Waals surface area (Å²) < 4.78 is 28.0. The van der Waals surface area contributed by atoms with Crippen molar-refractivity contribution in [1.82, 2.24) is 15.5 Å². The van der Waals surface area contributed by atoms with E-state index < -0.39 is 9.84 Å². The molecular formula is C15H17N3O4S2. The normalized spacial score (nSPS) is 19.3. The number of hydrogen-bond acceptors (Lipinski definition) is 7. The molecule has 1 atom stereocenters. The zero-order valence-electron chi connectivity index (χ0n) is 13.1. The largest absolute Gasteiger partial charge is 0.361 e. The van der Waals surface area contributed by atoms with Crippen molar-refractivity contribution in [1.29, 1.82) is 0 Å². The minimum Gasteiger partial charge on any atom is -0.361 e. The number of sulfone groups is 1. The van der Waals surface area contributed by atoms with Crippen LogP contribution in [0, 0.1) is 6.92 Å². The number of hydrogen-bond donors (Lipinski definition) is 1. The van der Waals surface area contributed by atoms with E-state index in [1.165, 1.54) is 11.8 Å². The Kier molecular flexibility index (Phi) is 4.91. The molecule has 0 spiro atoms. The number of carbonyl (C=O) groups is 1. The monoisotopic (exact) mass is 367 g/mol. The number of pyridine rings is 1. The van der Waals surface area contributed by atoms with Crippen molar-refractivity contribution >= 4 is 27.5 Å². The molecule has 0 bridgehead atoms. The lowest BCUT2D eigenvalue weighted by molar-refractivity contribution is 0.0937. The van der Waals surface area contributed by atoms with Crippen molar-refractivity contribution in [3.63, 3.8) is 0 Å². The van der Waals surface area contributed by atoms with Crippen LogP contribution >= 0.6 is 11.8 Å². The third-order valence-electron chi connectivity index (χ3n) is 3.62. The molecule has 2 aromatic rings. The Morgan fingerprint density at radius 1 is 1.50 bits per heavy atom. The van der Waals surface area contributed by atoms with Crippen molar-refractivity contribution in [3.05, 3.63) is 41.4 Å². The zero-order valence-corrected chi connectivity index (χ0v) is 14.7. The number of aryl methyl sites for hydroxylation is 1. The summed E-state index contributed by atoms with van der Waals surface area (Å²) in [4.78, 5) is 16.7. The SMILES string of the molecule is Cc1cc(CSc2ncccc2C(=O)N[C@H]2CCS(=O)(=O)C2)no1. The first-order valence-corrected chi connectivity index (χ1v) is 10.2. The molecule has 1 aliphatic rings. The van der Waals surface area contributed by atoms with Crippen LogP contribution in [-0.4, -0.2) is 42.0 Å². The highest BCUT2D eigenvalue weighted by atomic mass is 32.2. The van der Waals surface area contributed by atoms with E-state index in [0.717, 1.165) is 11.5 Å². The lowest BCUT2D eigenvalue weighted by Crippen LogP contribution is -2.35. The Labute approximate surface area is 144 Å². The van der Waals surface area contributed by atoms with E-state index in [1.807, 2.05) is 13.0 Å². The van der Waals surface area contributed by atoms with E-state index in [0.29, 0.717) is 22.8 Å². The van der Waals surface area contributed by atoms with Gasteiger partial charge in [-0.1, -0.05) is 16.9 Å². The molecule has 1 amide bonds. The number of nitrogens with one attached hydrogen (secondary N) is 1. The molecule has 1 aliphatic heterocycles. The summed E-state index contributed by atoms with van der Waals surface area (Å²) in [7, 11) is -3.03. The van der Waals surface area contributed by atoms with Crippen LogP contribution in [0.15, 0.2) is 33.9 Å². The quantitative estimate of drug-likeness (QED) is 0.801. The van der Waals surface area contributed by atoms with Gasteiger partial charge in [-0.3, -0.25) is 4.79 Å². The topological polar surface area (TPSA) is 102 Å². The van der Waals surface area contributed by atoms with Crippen molar-refractivity contribution in [3.8, 4) is 0 Å². The first-order valence-electron chi connectivity index (χ1n) is 7.44. The second kappa shape index (κ2) is 6.94. The first kappa shape index (κ1) is 17.0. The third-order valence-corrected chi connectivity index (χ3v) is 6.42. The Hall–Kier alpha value is -1.87. The van der Waals surface area contributed by atoms with Crippen LogP contribution in [0.3, 0.4) is 0 Å². The van der Waals surface area contributed by atoms with E-state index in [2.05, 4.69) is 15.5 Å². The summed E-state index contributed by atoms with van der Waals surface area (Å²) >= 11 is 1.39. The minimum absolute atomic E-state index is 0.000303. The van der Waals surface area contributed by atoms with Gasteiger partial charge in [0.15, 0.2) is 9.84 Å². The fourth-order valence-corrected chi connectivity index (χ4v) is 5.02. The van der Waals surface area contributed by atoms with E-state index in [4.69, 9.17) is 4.52 Å². The summed E-state index contributed by atoms with van der Waals surface area (Å²) in [5, 5.41) is 7.28. The Morgan fingerprint density at radius 3 is 3.00 bits per heavy atom. The Bertz CT molecular complexity index is 848. The zero-order chi connectivity index (χ0) is 17.2. The number of nitrogens with zero attached hydrogens (tertiary/aromatic N) is 2. The molecule has 3 heterocycles. The lowest BCUT2D eigenvalue weighted by Gasteiger charge is -2.12. The van der Waals surface area contributed by atoms with Gasteiger partial charge in [-0.05, 0) is 25.5 Å². The summed E-state index contributed by atoms with van der Waals surface area (Å²) in [5.41, 5.74) is 1.21. The summed E-state index contributed by atoms with van der Waals surface area (Å²) in [6, 6.07) is 4.87. The van der Waals surface area contributed by atoms with E-state index in [-0.39, 0.29) is 23.5 Å². The highest BCUT2D eigenvalue weighted by Crippen LogP contribution is 2.24. The van der Waals surface area contributed by atoms with Gasteiger partial charge in [0.2, 0.25) is 0 Å². The Morgan fingerprint density at radius 2 is 2.33 bits per heavy atom. The van der Waals surface area contributed by atoms with Gasteiger partial charge < -0.3 is 9.84 Å². The maximum absolute atomic E-state index is 12.5. The molecule has 1 saturated heterocycles. The van der Waals surface area contributed by atoms with Gasteiger partial charge >= 0.3 is 0 Å². The average Bonchev–Trinajstić information content (AvgIpc) is 3.10. The van der Waals surface area contributed by atoms with Crippen LogP contribution in [-0.2, 0) is 15.6 Å². The van der Waals surface area contributed by atoms with Crippen LogP contribution in [0.5, 0.6) is 0 Å². The van der Waals surface area contributed by atoms with Crippen molar-refractivity contribution in [2.24, 2.45) is 0 Å². The van der Waals surface area contributed by atoms with Crippen molar-refractivity contribution in [2.75, 3.05) is 11.5 Å². The number of carbonyl (C=O) groups excluding carboxylic acids is 1. The molecule has 0 aromatic carbocycles. The van der Waals surface area contributed by atoms with Gasteiger partial charge in [-0.15, -0.1) is 0 Å². The van der Waals surface area contributed by atoms with Crippen LogP contribution in [0.1, 0.15) is 28.2 Å². The Balaban J connectivity index is 1.68. The highest BCUT2D eigenvalue weighted by Gasteiger charge is 2.29. The molecular weight excluding hydrogens is 350 g/mol. The van der Waals surface area contributed by atoms with E-state index in [1.54, 1.807) is 18.3 Å². The predicted molar refractivity (Wildman–Crippen MR) is 89.6 cm³/mol. The summed E-state index contributed by atoms with van der Waals surface area (Å²) in [6.45, 7) is 1.82. The summed E-state index contributed by atoms with van der Waals surface area (Å²) in [6.07, 6.45) is 2.07. The first-order chi connectivity index (χ1) is 11.4. The number of rotatable bonds is 5. The molecule has 0 aliphatic carbocycles. The van der Waals surface area contributed by atoms with Crippen LogP contribution in [0.4, 0.5) is 0 Å². The van der Waals surface area contributed by atoms with Gasteiger partial charge in [0.25, 0.3) is 5.91 Å². The van der Waals surface area contributed by atoms with Crippen molar-refractivity contribution in [2.45, 2.75) is 30.2 Å².